The van der Waals surface area contributed by atoms with Crippen LogP contribution >= 0.6 is 11.6 Å². The minimum absolute atomic E-state index is 0.288. The Hall–Kier alpha value is -0.600. The van der Waals surface area contributed by atoms with Gasteiger partial charge in [0.05, 0.1) is 5.02 Å². The summed E-state index contributed by atoms with van der Waals surface area (Å²) in [6.45, 7) is 3.18. The second kappa shape index (κ2) is 5.83. The third kappa shape index (κ3) is 3.43. The molecule has 3 heteroatoms. The molecular weight excluding hydrogens is 237 g/mol. The molecule has 1 fully saturated rings. The lowest BCUT2D eigenvalue weighted by molar-refractivity contribution is 0.459. The molecule has 1 nitrogen and oxygen atoms in total. The highest BCUT2D eigenvalue weighted by Crippen LogP contribution is 2.35. The van der Waals surface area contributed by atoms with Crippen LogP contribution < -0.4 is 5.32 Å². The van der Waals surface area contributed by atoms with Crippen molar-refractivity contribution in [2.24, 2.45) is 5.92 Å². The smallest absolute Gasteiger partial charge is 0.142 e. The molecule has 0 bridgehead atoms. The molecule has 1 atom stereocenters. The fourth-order valence-electron chi connectivity index (χ4n) is 2.18. The first-order valence-corrected chi connectivity index (χ1v) is 6.76. The van der Waals surface area contributed by atoms with Crippen LogP contribution in [-0.4, -0.2) is 12.6 Å². The lowest BCUT2D eigenvalue weighted by Crippen LogP contribution is -2.33. The van der Waals surface area contributed by atoms with Gasteiger partial charge < -0.3 is 5.32 Å². The quantitative estimate of drug-likeness (QED) is 0.815. The van der Waals surface area contributed by atoms with Crippen molar-refractivity contribution in [1.82, 2.24) is 5.32 Å². The van der Waals surface area contributed by atoms with Gasteiger partial charge in [-0.1, -0.05) is 30.7 Å². The Morgan fingerprint density at radius 2 is 2.24 bits per heavy atom. The summed E-state index contributed by atoms with van der Waals surface area (Å²) in [7, 11) is 0. The first-order valence-electron chi connectivity index (χ1n) is 6.38. The van der Waals surface area contributed by atoms with Gasteiger partial charge >= 0.3 is 0 Å². The highest BCUT2D eigenvalue weighted by Gasteiger charge is 2.31. The van der Waals surface area contributed by atoms with Crippen LogP contribution in [0.2, 0.25) is 5.02 Å². The van der Waals surface area contributed by atoms with E-state index in [1.54, 1.807) is 6.07 Å². The number of nitrogens with one attached hydrogen (secondary N) is 1. The monoisotopic (exact) mass is 255 g/mol. The highest BCUT2D eigenvalue weighted by molar-refractivity contribution is 6.31. The average molecular weight is 256 g/mol. The molecule has 0 spiro atoms. The van der Waals surface area contributed by atoms with Gasteiger partial charge in [0.2, 0.25) is 0 Å². The van der Waals surface area contributed by atoms with Gasteiger partial charge in [-0.15, -0.1) is 0 Å². The second-order valence-corrected chi connectivity index (χ2v) is 5.19. The van der Waals surface area contributed by atoms with Crippen LogP contribution in [0.4, 0.5) is 4.39 Å². The van der Waals surface area contributed by atoms with Crippen molar-refractivity contribution in [3.8, 4) is 0 Å². The molecule has 17 heavy (non-hydrogen) atoms. The molecule has 0 aliphatic heterocycles. The van der Waals surface area contributed by atoms with Gasteiger partial charge in [0.25, 0.3) is 0 Å². The Balaban J connectivity index is 2.03. The van der Waals surface area contributed by atoms with Crippen LogP contribution in [0, 0.1) is 11.7 Å². The number of hydrogen-bond acceptors (Lipinski definition) is 1. The van der Waals surface area contributed by atoms with E-state index < -0.39 is 0 Å². The highest BCUT2D eigenvalue weighted by atomic mass is 35.5. The van der Waals surface area contributed by atoms with Crippen molar-refractivity contribution in [3.05, 3.63) is 34.6 Å². The lowest BCUT2D eigenvalue weighted by atomic mass is 10.0. The van der Waals surface area contributed by atoms with Gasteiger partial charge in [-0.2, -0.15) is 0 Å². The fraction of sp³-hybridized carbons (Fsp3) is 0.571. The predicted molar refractivity (Wildman–Crippen MR) is 69.9 cm³/mol. The molecule has 1 aromatic rings. The van der Waals surface area contributed by atoms with E-state index in [0.717, 1.165) is 30.9 Å². The van der Waals surface area contributed by atoms with Gasteiger partial charge in [0, 0.05) is 6.04 Å². The maximum Gasteiger partial charge on any atom is 0.142 e. The zero-order valence-corrected chi connectivity index (χ0v) is 10.9. The van der Waals surface area contributed by atoms with E-state index in [9.17, 15) is 4.39 Å². The number of hydrogen-bond donors (Lipinski definition) is 1. The SMILES string of the molecule is CCCNC(Cc1cccc(F)c1Cl)C1CC1. The fourth-order valence-corrected chi connectivity index (χ4v) is 2.38. The van der Waals surface area contributed by atoms with Crippen LogP contribution in [0.15, 0.2) is 18.2 Å². The summed E-state index contributed by atoms with van der Waals surface area (Å²) in [4.78, 5) is 0. The van der Waals surface area contributed by atoms with E-state index in [0.29, 0.717) is 6.04 Å². The van der Waals surface area contributed by atoms with Gasteiger partial charge in [0.15, 0.2) is 0 Å². The Kier molecular flexibility index (Phi) is 4.41. The summed E-state index contributed by atoms with van der Waals surface area (Å²) in [6, 6.07) is 5.53. The van der Waals surface area contributed by atoms with Crippen molar-refractivity contribution < 1.29 is 4.39 Å². The minimum Gasteiger partial charge on any atom is -0.313 e. The van der Waals surface area contributed by atoms with E-state index in [4.69, 9.17) is 11.6 Å². The maximum atomic E-state index is 13.3. The Bertz CT molecular complexity index is 376. The third-order valence-electron chi connectivity index (χ3n) is 3.32. The Morgan fingerprint density at radius 1 is 1.47 bits per heavy atom. The number of rotatable bonds is 6. The zero-order chi connectivity index (χ0) is 12.3. The summed E-state index contributed by atoms with van der Waals surface area (Å²) in [5.41, 5.74) is 0.923. The van der Waals surface area contributed by atoms with E-state index >= 15 is 0 Å². The van der Waals surface area contributed by atoms with E-state index in [2.05, 4.69) is 12.2 Å². The van der Waals surface area contributed by atoms with Crippen molar-refractivity contribution in [1.29, 1.82) is 0 Å². The molecule has 1 unspecified atom stereocenters. The van der Waals surface area contributed by atoms with Crippen LogP contribution in [-0.2, 0) is 6.42 Å². The maximum absolute atomic E-state index is 13.3. The van der Waals surface area contributed by atoms with Crippen molar-refractivity contribution in [2.45, 2.75) is 38.6 Å². The van der Waals surface area contributed by atoms with E-state index in [-0.39, 0.29) is 10.8 Å². The Morgan fingerprint density at radius 3 is 2.88 bits per heavy atom. The lowest BCUT2D eigenvalue weighted by Gasteiger charge is -2.18. The topological polar surface area (TPSA) is 12.0 Å². The summed E-state index contributed by atoms with van der Waals surface area (Å²) >= 11 is 5.99. The van der Waals surface area contributed by atoms with Gasteiger partial charge in [0.1, 0.15) is 5.82 Å². The molecular formula is C14H19ClFN. The van der Waals surface area contributed by atoms with Gasteiger partial charge in [-0.3, -0.25) is 0 Å². The molecule has 0 saturated heterocycles. The van der Waals surface area contributed by atoms with Crippen LogP contribution in [0.5, 0.6) is 0 Å². The molecule has 0 heterocycles. The molecule has 0 amide bonds. The zero-order valence-electron chi connectivity index (χ0n) is 10.2. The summed E-state index contributed by atoms with van der Waals surface area (Å²) < 4.78 is 13.3. The summed E-state index contributed by atoms with van der Waals surface area (Å²) in [5, 5.41) is 3.83. The first-order chi connectivity index (χ1) is 8.22. The van der Waals surface area contributed by atoms with Crippen LogP contribution in [0.3, 0.4) is 0 Å². The Labute approximate surface area is 107 Å². The van der Waals surface area contributed by atoms with Crippen LogP contribution in [0.25, 0.3) is 0 Å². The predicted octanol–water partition coefficient (Wildman–Crippen LogP) is 3.80. The van der Waals surface area contributed by atoms with E-state index in [1.165, 1.54) is 18.9 Å². The normalized spacial score (nSPS) is 17.1. The molecule has 2 rings (SSSR count). The van der Waals surface area contributed by atoms with Crippen LogP contribution in [0.1, 0.15) is 31.7 Å². The average Bonchev–Trinajstić information content (AvgIpc) is 3.14. The largest absolute Gasteiger partial charge is 0.313 e. The second-order valence-electron chi connectivity index (χ2n) is 4.82. The first kappa shape index (κ1) is 12.8. The summed E-state index contributed by atoms with van der Waals surface area (Å²) in [6.07, 6.45) is 4.53. The number of benzene rings is 1. The molecule has 94 valence electrons. The van der Waals surface area contributed by atoms with Crippen molar-refractivity contribution >= 4 is 11.6 Å². The number of halogens is 2. The molecule has 1 aliphatic rings. The molecule has 1 N–H and O–H groups in total. The van der Waals surface area contributed by atoms with Gasteiger partial charge in [-0.05, 0) is 49.8 Å². The molecule has 1 aliphatic carbocycles. The molecule has 1 aromatic carbocycles. The van der Waals surface area contributed by atoms with Crippen molar-refractivity contribution in [2.75, 3.05) is 6.54 Å². The minimum atomic E-state index is -0.311. The standard InChI is InChI=1S/C14H19ClFN/c1-2-8-17-13(10-6-7-10)9-11-4-3-5-12(16)14(11)15/h3-5,10,13,17H,2,6-9H2,1H3. The molecule has 0 aromatic heterocycles. The molecule has 1 saturated carbocycles. The van der Waals surface area contributed by atoms with Gasteiger partial charge in [-0.25, -0.2) is 4.39 Å². The van der Waals surface area contributed by atoms with E-state index in [1.807, 2.05) is 6.07 Å². The summed E-state index contributed by atoms with van der Waals surface area (Å²) in [5.74, 6) is 0.440. The van der Waals surface area contributed by atoms with Crippen molar-refractivity contribution in [3.63, 3.8) is 0 Å². The third-order valence-corrected chi connectivity index (χ3v) is 3.74. The molecule has 0 radical (unpaired) electrons.